The third-order valence-electron chi connectivity index (χ3n) is 5.06. The summed E-state index contributed by atoms with van der Waals surface area (Å²) in [6, 6.07) is 15.3. The van der Waals surface area contributed by atoms with Crippen LogP contribution in [0.4, 0.5) is 11.8 Å². The van der Waals surface area contributed by atoms with E-state index in [0.29, 0.717) is 12.5 Å². The number of carbonyl (C=O) groups excluding carboxylic acids is 1. The van der Waals surface area contributed by atoms with E-state index in [0.717, 1.165) is 42.0 Å². The minimum absolute atomic E-state index is 0.0850. The van der Waals surface area contributed by atoms with Crippen LogP contribution >= 0.6 is 0 Å². The summed E-state index contributed by atoms with van der Waals surface area (Å²) < 4.78 is 0. The van der Waals surface area contributed by atoms with Gasteiger partial charge in [0.15, 0.2) is 0 Å². The number of likely N-dealkylation sites (tertiary alicyclic amines) is 1. The lowest BCUT2D eigenvalue weighted by Gasteiger charge is -2.32. The molecule has 4 rings (SSSR count). The van der Waals surface area contributed by atoms with E-state index in [4.69, 9.17) is 4.98 Å². The van der Waals surface area contributed by atoms with Crippen LogP contribution in [0.3, 0.4) is 0 Å². The molecule has 0 aliphatic carbocycles. The molecule has 6 nitrogen and oxygen atoms in total. The maximum atomic E-state index is 12.8. The maximum absolute atomic E-state index is 12.8. The van der Waals surface area contributed by atoms with Crippen LogP contribution in [-0.2, 0) is 0 Å². The number of pyridine rings is 1. The predicted octanol–water partition coefficient (Wildman–Crippen LogP) is 3.94. The van der Waals surface area contributed by atoms with Crippen LogP contribution in [0.1, 0.15) is 40.4 Å². The van der Waals surface area contributed by atoms with Crippen LogP contribution in [-0.4, -0.2) is 38.8 Å². The van der Waals surface area contributed by atoms with E-state index in [2.05, 4.69) is 15.3 Å². The number of rotatable bonds is 4. The van der Waals surface area contributed by atoms with Gasteiger partial charge in [-0.15, -0.1) is 0 Å². The number of aryl methyl sites for hydroxylation is 1. The number of piperidine rings is 1. The summed E-state index contributed by atoms with van der Waals surface area (Å²) in [6.07, 6.45) is 5.49. The van der Waals surface area contributed by atoms with E-state index in [9.17, 15) is 4.79 Å². The van der Waals surface area contributed by atoms with Crippen LogP contribution in [0.2, 0.25) is 0 Å². The first-order valence-electron chi connectivity index (χ1n) is 9.56. The van der Waals surface area contributed by atoms with Crippen molar-refractivity contribution in [3.63, 3.8) is 0 Å². The van der Waals surface area contributed by atoms with E-state index in [-0.39, 0.29) is 11.8 Å². The molecule has 0 bridgehead atoms. The fourth-order valence-corrected chi connectivity index (χ4v) is 3.55. The number of amides is 1. The summed E-state index contributed by atoms with van der Waals surface area (Å²) in [7, 11) is 0. The summed E-state index contributed by atoms with van der Waals surface area (Å²) in [5.41, 5.74) is 2.73. The molecule has 1 aliphatic heterocycles. The van der Waals surface area contributed by atoms with Gasteiger partial charge in [-0.2, -0.15) is 0 Å². The second kappa shape index (κ2) is 8.17. The number of benzene rings is 1. The van der Waals surface area contributed by atoms with Crippen molar-refractivity contribution < 1.29 is 4.79 Å². The van der Waals surface area contributed by atoms with Gasteiger partial charge in [0.2, 0.25) is 5.95 Å². The van der Waals surface area contributed by atoms with Gasteiger partial charge >= 0.3 is 0 Å². The first-order valence-corrected chi connectivity index (χ1v) is 9.56. The first-order chi connectivity index (χ1) is 13.7. The minimum atomic E-state index is 0.0850. The van der Waals surface area contributed by atoms with E-state index in [1.54, 1.807) is 12.4 Å². The molecular weight excluding hydrogens is 350 g/mol. The Balaban J connectivity index is 1.49. The van der Waals surface area contributed by atoms with E-state index in [1.807, 2.05) is 60.4 Å². The van der Waals surface area contributed by atoms with Gasteiger partial charge in [-0.1, -0.05) is 24.3 Å². The largest absolute Gasteiger partial charge is 0.338 e. The molecule has 0 unspecified atom stereocenters. The molecule has 0 radical (unpaired) electrons. The van der Waals surface area contributed by atoms with Crippen molar-refractivity contribution in [1.82, 2.24) is 19.9 Å². The molecule has 1 N–H and O–H groups in total. The first kappa shape index (κ1) is 18.1. The van der Waals surface area contributed by atoms with Gasteiger partial charge in [-0.3, -0.25) is 4.79 Å². The van der Waals surface area contributed by atoms with Gasteiger partial charge in [0.25, 0.3) is 5.91 Å². The molecule has 1 saturated heterocycles. The van der Waals surface area contributed by atoms with Gasteiger partial charge in [0, 0.05) is 37.0 Å². The highest BCUT2D eigenvalue weighted by atomic mass is 16.2. The standard InChI is InChI=1S/C22H23N5O/c1-16-7-5-12-23-20(16)26-22-24-13-11-19(25-22)18-10-6-14-27(15-18)21(28)17-8-3-2-4-9-17/h2-5,7-9,11-13,18H,6,10,14-15H2,1H3,(H,23,24,25,26)/t18-/m1/s1. The molecule has 3 aromatic rings. The van der Waals surface area contributed by atoms with Gasteiger partial charge < -0.3 is 10.2 Å². The van der Waals surface area contributed by atoms with Crippen molar-refractivity contribution in [1.29, 1.82) is 0 Å². The number of hydrogen-bond acceptors (Lipinski definition) is 5. The highest BCUT2D eigenvalue weighted by molar-refractivity contribution is 5.94. The molecule has 6 heteroatoms. The molecule has 1 aromatic carbocycles. The fourth-order valence-electron chi connectivity index (χ4n) is 3.55. The molecule has 2 aromatic heterocycles. The second-order valence-electron chi connectivity index (χ2n) is 7.06. The zero-order valence-electron chi connectivity index (χ0n) is 15.9. The fraction of sp³-hybridized carbons (Fsp3) is 0.273. The van der Waals surface area contributed by atoms with Crippen molar-refractivity contribution >= 4 is 17.7 Å². The quantitative estimate of drug-likeness (QED) is 0.750. The van der Waals surface area contributed by atoms with Crippen molar-refractivity contribution in [2.75, 3.05) is 18.4 Å². The van der Waals surface area contributed by atoms with Crippen molar-refractivity contribution in [3.8, 4) is 0 Å². The lowest BCUT2D eigenvalue weighted by atomic mass is 9.94. The number of anilines is 2. The highest BCUT2D eigenvalue weighted by Gasteiger charge is 2.26. The predicted molar refractivity (Wildman–Crippen MR) is 109 cm³/mol. The van der Waals surface area contributed by atoms with Crippen LogP contribution in [0, 0.1) is 6.92 Å². The van der Waals surface area contributed by atoms with Gasteiger partial charge in [-0.05, 0) is 49.6 Å². The van der Waals surface area contributed by atoms with Crippen molar-refractivity contribution in [2.24, 2.45) is 0 Å². The average Bonchev–Trinajstić information content (AvgIpc) is 2.76. The molecule has 0 saturated carbocycles. The lowest BCUT2D eigenvalue weighted by Crippen LogP contribution is -2.39. The zero-order valence-corrected chi connectivity index (χ0v) is 15.9. The normalized spacial score (nSPS) is 16.6. The molecule has 0 spiro atoms. The summed E-state index contributed by atoms with van der Waals surface area (Å²) in [4.78, 5) is 28.1. The Labute approximate surface area is 164 Å². The monoisotopic (exact) mass is 373 g/mol. The van der Waals surface area contributed by atoms with Gasteiger partial charge in [0.05, 0.1) is 5.69 Å². The molecule has 1 amide bonds. The average molecular weight is 373 g/mol. The molecular formula is C22H23N5O. The Hall–Kier alpha value is -3.28. The molecule has 142 valence electrons. The topological polar surface area (TPSA) is 71.0 Å². The lowest BCUT2D eigenvalue weighted by molar-refractivity contribution is 0.0706. The zero-order chi connectivity index (χ0) is 19.3. The Morgan fingerprint density at radius 1 is 1.07 bits per heavy atom. The molecule has 3 heterocycles. The van der Waals surface area contributed by atoms with Crippen molar-refractivity contribution in [2.45, 2.75) is 25.7 Å². The van der Waals surface area contributed by atoms with Crippen LogP contribution in [0.15, 0.2) is 60.9 Å². The summed E-state index contributed by atoms with van der Waals surface area (Å²) in [6.45, 7) is 3.45. The molecule has 1 aliphatic rings. The summed E-state index contributed by atoms with van der Waals surface area (Å²) in [5.74, 6) is 1.58. The Bertz CT molecular complexity index is 960. The van der Waals surface area contributed by atoms with Crippen molar-refractivity contribution in [3.05, 3.63) is 77.7 Å². The summed E-state index contributed by atoms with van der Waals surface area (Å²) in [5, 5.41) is 3.20. The van der Waals surface area contributed by atoms with Crippen LogP contribution in [0.5, 0.6) is 0 Å². The summed E-state index contributed by atoms with van der Waals surface area (Å²) >= 11 is 0. The van der Waals surface area contributed by atoms with E-state index < -0.39 is 0 Å². The number of carbonyl (C=O) groups is 1. The molecule has 1 atom stereocenters. The van der Waals surface area contributed by atoms with Gasteiger partial charge in [0.1, 0.15) is 5.82 Å². The smallest absolute Gasteiger partial charge is 0.253 e. The molecule has 28 heavy (non-hydrogen) atoms. The third-order valence-corrected chi connectivity index (χ3v) is 5.06. The third kappa shape index (κ3) is 4.01. The molecule has 1 fully saturated rings. The minimum Gasteiger partial charge on any atom is -0.338 e. The number of nitrogens with zero attached hydrogens (tertiary/aromatic N) is 4. The SMILES string of the molecule is Cc1cccnc1Nc1nccc([C@@H]2CCCN(C(=O)c3ccccc3)C2)n1. The second-order valence-corrected chi connectivity index (χ2v) is 7.06. The van der Waals surface area contributed by atoms with E-state index in [1.165, 1.54) is 0 Å². The van der Waals surface area contributed by atoms with Crippen LogP contribution in [0.25, 0.3) is 0 Å². The number of aromatic nitrogens is 3. The number of nitrogens with one attached hydrogen (secondary N) is 1. The number of hydrogen-bond donors (Lipinski definition) is 1. The van der Waals surface area contributed by atoms with Crippen LogP contribution < -0.4 is 5.32 Å². The van der Waals surface area contributed by atoms with E-state index >= 15 is 0 Å². The Morgan fingerprint density at radius 3 is 2.75 bits per heavy atom. The highest BCUT2D eigenvalue weighted by Crippen LogP contribution is 2.27. The maximum Gasteiger partial charge on any atom is 0.253 e. The Kier molecular flexibility index (Phi) is 5.28. The van der Waals surface area contributed by atoms with Gasteiger partial charge in [-0.25, -0.2) is 15.0 Å². The Morgan fingerprint density at radius 2 is 1.93 bits per heavy atom.